The van der Waals surface area contributed by atoms with Gasteiger partial charge in [0.05, 0.1) is 17.3 Å². The number of nitrogens with one attached hydrogen (secondary N) is 1. The van der Waals surface area contributed by atoms with Gasteiger partial charge < -0.3 is 10.1 Å². The third-order valence-corrected chi connectivity index (χ3v) is 5.53. The Morgan fingerprint density at radius 3 is 2.59 bits per heavy atom. The maximum Gasteiger partial charge on any atom is 0.276 e. The summed E-state index contributed by atoms with van der Waals surface area (Å²) in [5, 5.41) is 8.06. The fourth-order valence-corrected chi connectivity index (χ4v) is 3.56. The molecule has 0 aliphatic rings. The highest BCUT2D eigenvalue weighted by Gasteiger charge is 2.18. The van der Waals surface area contributed by atoms with Crippen molar-refractivity contribution in [1.82, 2.24) is 9.78 Å². The van der Waals surface area contributed by atoms with Crippen LogP contribution in [-0.4, -0.2) is 22.3 Å². The number of allylic oxidation sites excluding steroid dienone is 2. The van der Waals surface area contributed by atoms with Crippen LogP contribution in [0.4, 0.5) is 5.69 Å². The molecule has 3 rings (SSSR count). The molecule has 1 heterocycles. The first kappa shape index (κ1) is 23.7. The van der Waals surface area contributed by atoms with E-state index in [1.54, 1.807) is 22.9 Å². The van der Waals surface area contributed by atoms with Gasteiger partial charge in [-0.25, -0.2) is 4.68 Å². The molecule has 32 heavy (non-hydrogen) atoms. The lowest BCUT2D eigenvalue weighted by Gasteiger charge is -2.12. The Morgan fingerprint density at radius 2 is 1.97 bits per heavy atom. The fourth-order valence-electron chi connectivity index (χ4n) is 3.24. The van der Waals surface area contributed by atoms with Crippen molar-refractivity contribution in [2.45, 2.75) is 31.6 Å². The fraction of sp³-hybridized carbons (Fsp3) is 0.200. The third-order valence-electron chi connectivity index (χ3n) is 4.69. The first-order valence-corrected chi connectivity index (χ1v) is 11.2. The molecule has 0 aliphatic heterocycles. The van der Waals surface area contributed by atoms with Gasteiger partial charge in [-0.2, -0.15) is 5.10 Å². The number of thiol groups is 1. The molecule has 7 heteroatoms. The molecule has 0 atom stereocenters. The van der Waals surface area contributed by atoms with Crippen LogP contribution in [0.25, 0.3) is 5.70 Å². The predicted molar refractivity (Wildman–Crippen MR) is 134 cm³/mol. The van der Waals surface area contributed by atoms with Crippen molar-refractivity contribution in [3.63, 3.8) is 0 Å². The Balaban J connectivity index is 1.93. The largest absolute Gasteiger partial charge is 0.494 e. The van der Waals surface area contributed by atoms with Crippen molar-refractivity contribution >= 4 is 41.5 Å². The maximum atomic E-state index is 12.9. The summed E-state index contributed by atoms with van der Waals surface area (Å²) >= 11 is 10.6. The van der Waals surface area contributed by atoms with Crippen LogP contribution in [0, 0.1) is 0 Å². The summed E-state index contributed by atoms with van der Waals surface area (Å²) in [7, 11) is 0. The van der Waals surface area contributed by atoms with Gasteiger partial charge >= 0.3 is 0 Å². The second-order valence-corrected chi connectivity index (χ2v) is 7.94. The van der Waals surface area contributed by atoms with Crippen molar-refractivity contribution in [2.75, 3.05) is 11.9 Å². The van der Waals surface area contributed by atoms with Gasteiger partial charge in [-0.05, 0) is 61.9 Å². The van der Waals surface area contributed by atoms with E-state index < -0.39 is 0 Å². The van der Waals surface area contributed by atoms with E-state index in [2.05, 4.69) is 36.5 Å². The topological polar surface area (TPSA) is 56.2 Å². The quantitative estimate of drug-likeness (QED) is 0.279. The number of aromatic nitrogens is 2. The first-order valence-electron chi connectivity index (χ1n) is 10.4. The van der Waals surface area contributed by atoms with Crippen LogP contribution >= 0.6 is 24.2 Å². The number of halogens is 1. The lowest BCUT2D eigenvalue weighted by molar-refractivity contribution is 0.102. The summed E-state index contributed by atoms with van der Waals surface area (Å²) in [6.07, 6.45) is 5.21. The number of nitrogens with zero attached hydrogens (tertiary/aromatic N) is 2. The Bertz CT molecular complexity index is 1140. The van der Waals surface area contributed by atoms with E-state index in [0.29, 0.717) is 27.9 Å². The normalized spacial score (nSPS) is 11.3. The van der Waals surface area contributed by atoms with Gasteiger partial charge in [-0.15, -0.1) is 12.6 Å². The van der Waals surface area contributed by atoms with Crippen molar-refractivity contribution in [2.24, 2.45) is 0 Å². The molecule has 1 N–H and O–H groups in total. The molecule has 3 aromatic rings. The summed E-state index contributed by atoms with van der Waals surface area (Å²) in [5.41, 5.74) is 3.55. The SMILES string of the molecule is C=C/C=C(/c1ccc(S)c(Cl)c1)n1nc(C(=O)Nc2ccc(OCC)cc2)cc1CCC. The van der Waals surface area contributed by atoms with Gasteiger partial charge in [0.1, 0.15) is 5.75 Å². The van der Waals surface area contributed by atoms with Crippen LogP contribution < -0.4 is 10.1 Å². The lowest BCUT2D eigenvalue weighted by atomic mass is 10.1. The summed E-state index contributed by atoms with van der Waals surface area (Å²) in [4.78, 5) is 13.6. The summed E-state index contributed by atoms with van der Waals surface area (Å²) < 4.78 is 7.23. The van der Waals surface area contributed by atoms with Gasteiger partial charge in [-0.1, -0.05) is 43.7 Å². The molecule has 0 bridgehead atoms. The zero-order chi connectivity index (χ0) is 23.1. The summed E-state index contributed by atoms with van der Waals surface area (Å²) in [6, 6.07) is 14.6. The second kappa shape index (κ2) is 11.1. The average Bonchev–Trinajstić information content (AvgIpc) is 3.20. The first-order chi connectivity index (χ1) is 15.5. The van der Waals surface area contributed by atoms with Crippen molar-refractivity contribution in [3.05, 3.63) is 89.2 Å². The van der Waals surface area contributed by atoms with E-state index in [0.717, 1.165) is 35.5 Å². The number of aryl methyl sites for hydroxylation is 1. The minimum atomic E-state index is -0.285. The number of anilines is 1. The maximum absolute atomic E-state index is 12.9. The number of carbonyl (C=O) groups excluding carboxylic acids is 1. The molecule has 0 fully saturated rings. The highest BCUT2D eigenvalue weighted by atomic mass is 35.5. The molecule has 1 amide bonds. The molecular formula is C25H26ClN3O2S. The predicted octanol–water partition coefficient (Wildman–Crippen LogP) is 6.50. The van der Waals surface area contributed by atoms with Crippen LogP contribution in [0.15, 0.2) is 72.2 Å². The summed E-state index contributed by atoms with van der Waals surface area (Å²) in [6.45, 7) is 8.43. The minimum absolute atomic E-state index is 0.285. The number of hydrogen-bond donors (Lipinski definition) is 2. The molecule has 0 spiro atoms. The van der Waals surface area contributed by atoms with Crippen LogP contribution in [0.3, 0.4) is 0 Å². The van der Waals surface area contributed by atoms with Crippen LogP contribution in [0.5, 0.6) is 5.75 Å². The molecule has 0 radical (unpaired) electrons. The van der Waals surface area contributed by atoms with E-state index in [4.69, 9.17) is 16.3 Å². The standard InChI is InChI=1S/C25H26ClN3O2S/c1-4-7-19-16-22(25(30)27-18-10-12-20(13-11-18)31-6-3)28-29(19)23(8-5-2)17-9-14-24(32)21(26)15-17/h5,8-16,32H,2,4,6-7H2,1,3H3,(H,27,30)/b23-8-. The highest BCUT2D eigenvalue weighted by Crippen LogP contribution is 2.27. The molecule has 0 unspecified atom stereocenters. The highest BCUT2D eigenvalue weighted by molar-refractivity contribution is 7.80. The van der Waals surface area contributed by atoms with Crippen molar-refractivity contribution in [3.8, 4) is 5.75 Å². The molecule has 166 valence electrons. The molecule has 0 aliphatic carbocycles. The number of benzene rings is 2. The summed E-state index contributed by atoms with van der Waals surface area (Å²) in [5.74, 6) is 0.469. The van der Waals surface area contributed by atoms with Crippen LogP contribution in [-0.2, 0) is 6.42 Å². The Hall–Kier alpha value is -2.96. The minimum Gasteiger partial charge on any atom is -0.494 e. The lowest BCUT2D eigenvalue weighted by Crippen LogP contribution is -2.13. The number of rotatable bonds is 9. The van der Waals surface area contributed by atoms with Crippen molar-refractivity contribution in [1.29, 1.82) is 0 Å². The Labute approximate surface area is 199 Å². The molecule has 1 aromatic heterocycles. The number of hydrogen-bond acceptors (Lipinski definition) is 4. The van der Waals surface area contributed by atoms with E-state index in [1.807, 2.05) is 49.4 Å². The molecule has 0 saturated heterocycles. The third kappa shape index (κ3) is 5.64. The van der Waals surface area contributed by atoms with Gasteiger partial charge in [0.2, 0.25) is 0 Å². The number of carbonyl (C=O) groups is 1. The zero-order valence-electron chi connectivity index (χ0n) is 18.1. The van der Waals surface area contributed by atoms with Gasteiger partial charge in [0.15, 0.2) is 5.69 Å². The number of amides is 1. The molecular weight excluding hydrogens is 442 g/mol. The van der Waals surface area contributed by atoms with Gasteiger partial charge in [-0.3, -0.25) is 4.79 Å². The average molecular weight is 468 g/mol. The van der Waals surface area contributed by atoms with Crippen LogP contribution in [0.1, 0.15) is 42.0 Å². The Morgan fingerprint density at radius 1 is 1.22 bits per heavy atom. The Kier molecular flexibility index (Phi) is 8.20. The van der Waals surface area contributed by atoms with Gasteiger partial charge in [0.25, 0.3) is 5.91 Å². The monoisotopic (exact) mass is 467 g/mol. The van der Waals surface area contributed by atoms with Crippen molar-refractivity contribution < 1.29 is 9.53 Å². The molecule has 2 aromatic carbocycles. The van der Waals surface area contributed by atoms with E-state index in [1.165, 1.54) is 0 Å². The number of ether oxygens (including phenoxy) is 1. The second-order valence-electron chi connectivity index (χ2n) is 7.05. The van der Waals surface area contributed by atoms with E-state index >= 15 is 0 Å². The van der Waals surface area contributed by atoms with E-state index in [-0.39, 0.29) is 5.91 Å². The van der Waals surface area contributed by atoms with E-state index in [9.17, 15) is 4.79 Å². The van der Waals surface area contributed by atoms with Crippen LogP contribution in [0.2, 0.25) is 5.02 Å². The molecule has 5 nitrogen and oxygen atoms in total. The smallest absolute Gasteiger partial charge is 0.276 e. The molecule has 0 saturated carbocycles. The van der Waals surface area contributed by atoms with Gasteiger partial charge in [0, 0.05) is 21.8 Å². The zero-order valence-corrected chi connectivity index (χ0v) is 19.8.